The van der Waals surface area contributed by atoms with Crippen LogP contribution in [-0.2, 0) is 0 Å². The number of nitrogens with zero attached hydrogens (tertiary/aromatic N) is 1. The largest absolute Gasteiger partial charge is 0.254 e. The number of pyridine rings is 1. The second-order valence-corrected chi connectivity index (χ2v) is 4.79. The fourth-order valence-electron chi connectivity index (χ4n) is 0.872. The smallest absolute Gasteiger partial charge is 0.101 e. The Morgan fingerprint density at radius 1 is 1.55 bits per heavy atom. The molecule has 2 heterocycles. The summed E-state index contributed by atoms with van der Waals surface area (Å²) in [7, 11) is 0. The summed E-state index contributed by atoms with van der Waals surface area (Å²) in [5.41, 5.74) is 0.881. The molecule has 0 aliphatic rings. The van der Waals surface area contributed by atoms with Gasteiger partial charge in [-0.05, 0) is 28.1 Å². The average Bonchev–Trinajstić information content (AvgIpc) is 2.30. The van der Waals surface area contributed by atoms with Gasteiger partial charge in [0, 0.05) is 6.20 Å². The van der Waals surface area contributed by atoms with E-state index in [1.807, 2.05) is 12.1 Å². The summed E-state index contributed by atoms with van der Waals surface area (Å²) in [6.45, 7) is 0. The van der Waals surface area contributed by atoms with Crippen molar-refractivity contribution < 1.29 is 0 Å². The summed E-state index contributed by atoms with van der Waals surface area (Å²) >= 11 is 10.9. The molecular formula is C7H3BrClNS. The van der Waals surface area contributed by atoms with Crippen molar-refractivity contribution in [2.45, 2.75) is 0 Å². The Labute approximate surface area is 81.1 Å². The van der Waals surface area contributed by atoms with Crippen LogP contribution in [0.3, 0.4) is 0 Å². The van der Waals surface area contributed by atoms with E-state index in [2.05, 4.69) is 20.9 Å². The third kappa shape index (κ3) is 1.17. The molecule has 2 aromatic rings. The van der Waals surface area contributed by atoms with Gasteiger partial charge >= 0.3 is 0 Å². The van der Waals surface area contributed by atoms with Crippen molar-refractivity contribution in [3.63, 3.8) is 0 Å². The van der Waals surface area contributed by atoms with Gasteiger partial charge in [0.15, 0.2) is 0 Å². The van der Waals surface area contributed by atoms with Gasteiger partial charge in [0.1, 0.15) is 5.52 Å². The van der Waals surface area contributed by atoms with Gasteiger partial charge in [-0.2, -0.15) is 0 Å². The highest BCUT2D eigenvalue weighted by molar-refractivity contribution is 9.11. The van der Waals surface area contributed by atoms with Gasteiger partial charge in [-0.25, -0.2) is 0 Å². The van der Waals surface area contributed by atoms with Crippen molar-refractivity contribution in [2.24, 2.45) is 0 Å². The quantitative estimate of drug-likeness (QED) is 0.692. The number of rotatable bonds is 0. The molecule has 1 nitrogen and oxygen atoms in total. The van der Waals surface area contributed by atoms with Gasteiger partial charge in [0.25, 0.3) is 0 Å². The van der Waals surface area contributed by atoms with Crippen LogP contribution in [0.4, 0.5) is 0 Å². The van der Waals surface area contributed by atoms with Gasteiger partial charge in [0.2, 0.25) is 0 Å². The van der Waals surface area contributed by atoms with E-state index in [4.69, 9.17) is 11.6 Å². The first kappa shape index (κ1) is 7.53. The first-order valence-electron chi connectivity index (χ1n) is 2.97. The predicted octanol–water partition coefficient (Wildman–Crippen LogP) is 3.71. The maximum Gasteiger partial charge on any atom is 0.101 e. The summed E-state index contributed by atoms with van der Waals surface area (Å²) < 4.78 is 2.07. The Balaban J connectivity index is 2.92. The summed E-state index contributed by atoms with van der Waals surface area (Å²) in [4.78, 5) is 4.15. The molecule has 0 aliphatic heterocycles. The summed E-state index contributed by atoms with van der Waals surface area (Å²) in [5.74, 6) is 0. The molecule has 0 saturated carbocycles. The van der Waals surface area contributed by atoms with Crippen molar-refractivity contribution in [1.29, 1.82) is 0 Å². The van der Waals surface area contributed by atoms with Crippen LogP contribution in [-0.4, -0.2) is 4.98 Å². The average molecular weight is 249 g/mol. The van der Waals surface area contributed by atoms with Gasteiger partial charge in [-0.1, -0.05) is 11.6 Å². The van der Waals surface area contributed by atoms with Crippen molar-refractivity contribution in [1.82, 2.24) is 4.98 Å². The van der Waals surface area contributed by atoms with Crippen LogP contribution in [0.2, 0.25) is 5.02 Å². The molecule has 0 N–H and O–H groups in total. The van der Waals surface area contributed by atoms with E-state index in [0.717, 1.165) is 14.0 Å². The zero-order valence-corrected chi connectivity index (χ0v) is 8.50. The second-order valence-electron chi connectivity index (χ2n) is 2.04. The second kappa shape index (κ2) is 2.73. The Bertz CT molecular complexity index is 398. The third-order valence-corrected chi connectivity index (χ3v) is 3.87. The molecule has 0 unspecified atom stereocenters. The number of aromatic nitrogens is 1. The fraction of sp³-hybridized carbons (Fsp3) is 0. The highest BCUT2D eigenvalue weighted by Crippen LogP contribution is 2.37. The molecule has 0 saturated heterocycles. The van der Waals surface area contributed by atoms with Crippen LogP contribution in [0.25, 0.3) is 10.2 Å². The van der Waals surface area contributed by atoms with Crippen LogP contribution in [0, 0.1) is 0 Å². The Kier molecular flexibility index (Phi) is 1.87. The molecule has 0 atom stereocenters. The minimum absolute atomic E-state index is 0.714. The van der Waals surface area contributed by atoms with Gasteiger partial charge in [-0.15, -0.1) is 11.3 Å². The molecule has 11 heavy (non-hydrogen) atoms. The molecule has 0 aliphatic carbocycles. The number of halogens is 2. The maximum atomic E-state index is 5.94. The van der Waals surface area contributed by atoms with Crippen LogP contribution in [0.5, 0.6) is 0 Å². The Hall–Kier alpha value is -0.120. The molecule has 56 valence electrons. The van der Waals surface area contributed by atoms with Gasteiger partial charge in [-0.3, -0.25) is 4.98 Å². The van der Waals surface area contributed by atoms with E-state index in [1.54, 1.807) is 17.5 Å². The maximum absolute atomic E-state index is 5.94. The van der Waals surface area contributed by atoms with E-state index in [9.17, 15) is 0 Å². The Morgan fingerprint density at radius 2 is 2.36 bits per heavy atom. The molecule has 0 aromatic carbocycles. The number of hydrogen-bond acceptors (Lipinski definition) is 2. The lowest BCUT2D eigenvalue weighted by Crippen LogP contribution is -1.68. The van der Waals surface area contributed by atoms with E-state index >= 15 is 0 Å². The third-order valence-electron chi connectivity index (χ3n) is 1.35. The van der Waals surface area contributed by atoms with Gasteiger partial charge < -0.3 is 0 Å². The summed E-state index contributed by atoms with van der Waals surface area (Å²) in [6.07, 6.45) is 1.74. The number of thiophene rings is 1. The highest BCUT2D eigenvalue weighted by Gasteiger charge is 2.06. The van der Waals surface area contributed by atoms with Crippen molar-refractivity contribution in [2.75, 3.05) is 0 Å². The van der Waals surface area contributed by atoms with E-state index in [-0.39, 0.29) is 0 Å². The number of hydrogen-bond donors (Lipinski definition) is 0. The lowest BCUT2D eigenvalue weighted by Gasteiger charge is -1.85. The fourth-order valence-corrected chi connectivity index (χ4v) is 2.68. The standard InChI is InChI=1S/C7H3BrClNS/c8-7-5(9)6-4(11-7)2-1-3-10-6/h1-3H. The SMILES string of the molecule is Clc1c(Br)sc2cccnc12. The molecule has 2 aromatic heterocycles. The highest BCUT2D eigenvalue weighted by atomic mass is 79.9. The molecule has 4 heteroatoms. The van der Waals surface area contributed by atoms with E-state index in [1.165, 1.54) is 0 Å². The first-order valence-corrected chi connectivity index (χ1v) is 4.96. The molecule has 0 radical (unpaired) electrons. The predicted molar refractivity (Wildman–Crippen MR) is 52.3 cm³/mol. The van der Waals surface area contributed by atoms with Crippen LogP contribution in [0.15, 0.2) is 22.1 Å². The first-order chi connectivity index (χ1) is 5.29. The molecular weight excluding hydrogens is 246 g/mol. The minimum atomic E-state index is 0.714. The topological polar surface area (TPSA) is 12.9 Å². The monoisotopic (exact) mass is 247 g/mol. The van der Waals surface area contributed by atoms with Crippen LogP contribution < -0.4 is 0 Å². The zero-order valence-electron chi connectivity index (χ0n) is 5.34. The minimum Gasteiger partial charge on any atom is -0.254 e. The molecule has 0 fully saturated rings. The normalized spacial score (nSPS) is 10.7. The van der Waals surface area contributed by atoms with Gasteiger partial charge in [0.05, 0.1) is 13.5 Å². The van der Waals surface area contributed by atoms with Crippen molar-refractivity contribution >= 4 is 49.1 Å². The van der Waals surface area contributed by atoms with Crippen molar-refractivity contribution in [3.05, 3.63) is 27.1 Å². The van der Waals surface area contributed by atoms with E-state index in [0.29, 0.717) is 5.02 Å². The lowest BCUT2D eigenvalue weighted by atomic mass is 10.4. The molecule has 0 amide bonds. The summed E-state index contributed by atoms with van der Waals surface area (Å²) in [6, 6.07) is 3.91. The summed E-state index contributed by atoms with van der Waals surface area (Å²) in [5, 5.41) is 0.714. The zero-order chi connectivity index (χ0) is 7.84. The Morgan fingerprint density at radius 3 is 3.09 bits per heavy atom. The van der Waals surface area contributed by atoms with Crippen LogP contribution in [0.1, 0.15) is 0 Å². The number of fused-ring (bicyclic) bond motifs is 1. The molecule has 0 bridgehead atoms. The van der Waals surface area contributed by atoms with Crippen LogP contribution >= 0.6 is 38.9 Å². The van der Waals surface area contributed by atoms with E-state index < -0.39 is 0 Å². The van der Waals surface area contributed by atoms with Crippen molar-refractivity contribution in [3.8, 4) is 0 Å². The molecule has 0 spiro atoms. The molecule has 2 rings (SSSR count). The lowest BCUT2D eigenvalue weighted by molar-refractivity contribution is 1.43.